The van der Waals surface area contributed by atoms with E-state index in [1.165, 1.54) is 0 Å². The molecule has 0 aromatic heterocycles. The van der Waals surface area contributed by atoms with Gasteiger partial charge in [0, 0.05) is 24.7 Å². The molecule has 1 aliphatic heterocycles. The van der Waals surface area contributed by atoms with E-state index in [0.29, 0.717) is 6.54 Å². The molecule has 2 aromatic carbocycles. The Morgan fingerprint density at radius 2 is 1.55 bits per heavy atom. The van der Waals surface area contributed by atoms with Crippen molar-refractivity contribution in [3.63, 3.8) is 0 Å². The highest BCUT2D eigenvalue weighted by molar-refractivity contribution is 5.74. The number of hydrogen-bond acceptors (Lipinski definition) is 2. The minimum atomic E-state index is -0.711. The third kappa shape index (κ3) is 2.39. The summed E-state index contributed by atoms with van der Waals surface area (Å²) < 4.78 is 0. The van der Waals surface area contributed by atoms with E-state index < -0.39 is 5.97 Å². The molecule has 2 atom stereocenters. The van der Waals surface area contributed by atoms with Gasteiger partial charge in [-0.3, -0.25) is 4.79 Å². The molecule has 2 aromatic rings. The summed E-state index contributed by atoms with van der Waals surface area (Å²) in [6.07, 6.45) is 0. The van der Waals surface area contributed by atoms with E-state index in [-0.39, 0.29) is 11.8 Å². The number of carboxylic acid groups (broad SMARTS) is 1. The van der Waals surface area contributed by atoms with Crippen molar-refractivity contribution in [2.45, 2.75) is 5.92 Å². The Hall–Kier alpha value is -2.29. The van der Waals surface area contributed by atoms with Crippen molar-refractivity contribution in [2.75, 3.05) is 18.0 Å². The molecular formula is C17H17NO2. The van der Waals surface area contributed by atoms with E-state index in [9.17, 15) is 9.90 Å². The van der Waals surface area contributed by atoms with Crippen LogP contribution in [-0.2, 0) is 4.79 Å². The van der Waals surface area contributed by atoms with Crippen LogP contribution in [0.15, 0.2) is 60.7 Å². The molecule has 0 aliphatic carbocycles. The van der Waals surface area contributed by atoms with Gasteiger partial charge in [-0.05, 0) is 17.7 Å². The van der Waals surface area contributed by atoms with Gasteiger partial charge in [-0.2, -0.15) is 0 Å². The maximum atomic E-state index is 11.5. The van der Waals surface area contributed by atoms with Gasteiger partial charge in [-0.25, -0.2) is 0 Å². The van der Waals surface area contributed by atoms with Crippen LogP contribution in [0.1, 0.15) is 11.5 Å². The fourth-order valence-electron chi connectivity index (χ4n) is 2.94. The number of nitrogens with zero attached hydrogens (tertiary/aromatic N) is 1. The minimum absolute atomic E-state index is 0.0499. The second-order valence-corrected chi connectivity index (χ2v) is 5.20. The number of aliphatic carboxylic acids is 1. The van der Waals surface area contributed by atoms with E-state index in [4.69, 9.17) is 0 Å². The van der Waals surface area contributed by atoms with E-state index >= 15 is 0 Å². The predicted molar refractivity (Wildman–Crippen MR) is 79.0 cm³/mol. The Bertz CT molecular complexity index is 582. The SMILES string of the molecule is O=C(O)C1CN(c2ccccc2)CC1c1ccccc1. The number of benzene rings is 2. The monoisotopic (exact) mass is 267 g/mol. The molecule has 102 valence electrons. The molecule has 1 aliphatic rings. The lowest BCUT2D eigenvalue weighted by atomic mass is 9.89. The molecule has 1 N–H and O–H groups in total. The van der Waals surface area contributed by atoms with Crippen molar-refractivity contribution in [1.82, 2.24) is 0 Å². The highest BCUT2D eigenvalue weighted by Crippen LogP contribution is 2.35. The summed E-state index contributed by atoms with van der Waals surface area (Å²) in [7, 11) is 0. The molecule has 0 bridgehead atoms. The van der Waals surface area contributed by atoms with Crippen LogP contribution in [0, 0.1) is 5.92 Å². The van der Waals surface area contributed by atoms with Gasteiger partial charge in [-0.1, -0.05) is 48.5 Å². The van der Waals surface area contributed by atoms with Crippen molar-refractivity contribution in [3.8, 4) is 0 Å². The fraction of sp³-hybridized carbons (Fsp3) is 0.235. The molecule has 3 nitrogen and oxygen atoms in total. The lowest BCUT2D eigenvalue weighted by Crippen LogP contribution is -2.23. The van der Waals surface area contributed by atoms with Crippen molar-refractivity contribution >= 4 is 11.7 Å². The van der Waals surface area contributed by atoms with Crippen LogP contribution in [-0.4, -0.2) is 24.2 Å². The van der Waals surface area contributed by atoms with Crippen molar-refractivity contribution in [3.05, 3.63) is 66.2 Å². The lowest BCUT2D eigenvalue weighted by molar-refractivity contribution is -0.141. The molecule has 0 saturated carbocycles. The topological polar surface area (TPSA) is 40.5 Å². The Kier molecular flexibility index (Phi) is 3.42. The number of anilines is 1. The van der Waals surface area contributed by atoms with Gasteiger partial charge >= 0.3 is 5.97 Å². The first-order valence-electron chi connectivity index (χ1n) is 6.83. The first-order valence-corrected chi connectivity index (χ1v) is 6.83. The number of carboxylic acids is 1. The number of rotatable bonds is 3. The second-order valence-electron chi connectivity index (χ2n) is 5.20. The molecule has 2 unspecified atom stereocenters. The van der Waals surface area contributed by atoms with Crippen molar-refractivity contribution in [1.29, 1.82) is 0 Å². The van der Waals surface area contributed by atoms with Gasteiger partial charge in [0.15, 0.2) is 0 Å². The molecule has 0 amide bonds. The maximum Gasteiger partial charge on any atom is 0.308 e. The normalized spacial score (nSPS) is 21.9. The van der Waals surface area contributed by atoms with Gasteiger partial charge in [0.2, 0.25) is 0 Å². The van der Waals surface area contributed by atoms with Gasteiger partial charge < -0.3 is 10.0 Å². The first kappa shape index (κ1) is 12.7. The average Bonchev–Trinajstić information content (AvgIpc) is 2.94. The second kappa shape index (κ2) is 5.37. The molecule has 20 heavy (non-hydrogen) atoms. The fourth-order valence-corrected chi connectivity index (χ4v) is 2.94. The molecule has 0 spiro atoms. The van der Waals surface area contributed by atoms with Gasteiger partial charge in [0.1, 0.15) is 0 Å². The zero-order valence-corrected chi connectivity index (χ0v) is 11.1. The molecule has 0 radical (unpaired) electrons. The summed E-state index contributed by atoms with van der Waals surface area (Å²) in [4.78, 5) is 13.7. The van der Waals surface area contributed by atoms with E-state index in [2.05, 4.69) is 4.90 Å². The maximum absolute atomic E-state index is 11.5. The number of carbonyl (C=O) groups is 1. The third-order valence-electron chi connectivity index (χ3n) is 3.99. The van der Waals surface area contributed by atoms with Crippen LogP contribution < -0.4 is 4.90 Å². The summed E-state index contributed by atoms with van der Waals surface area (Å²) in [6, 6.07) is 20.0. The van der Waals surface area contributed by atoms with Crippen molar-refractivity contribution in [2.24, 2.45) is 5.92 Å². The molecule has 1 heterocycles. The Morgan fingerprint density at radius 3 is 2.15 bits per heavy atom. The quantitative estimate of drug-likeness (QED) is 0.929. The Balaban J connectivity index is 1.89. The number of para-hydroxylation sites is 1. The largest absolute Gasteiger partial charge is 0.481 e. The smallest absolute Gasteiger partial charge is 0.308 e. The van der Waals surface area contributed by atoms with Gasteiger partial charge in [0.05, 0.1) is 5.92 Å². The molecule has 3 rings (SSSR count). The standard InChI is InChI=1S/C17H17NO2/c19-17(20)16-12-18(14-9-5-2-6-10-14)11-15(16)13-7-3-1-4-8-13/h1-10,15-16H,11-12H2,(H,19,20). The van der Waals surface area contributed by atoms with Crippen LogP contribution in [0.5, 0.6) is 0 Å². The Morgan fingerprint density at radius 1 is 0.950 bits per heavy atom. The first-order chi connectivity index (χ1) is 9.75. The summed E-state index contributed by atoms with van der Waals surface area (Å²) in [5.41, 5.74) is 2.20. The minimum Gasteiger partial charge on any atom is -0.481 e. The van der Waals surface area contributed by atoms with Crippen molar-refractivity contribution < 1.29 is 9.90 Å². The zero-order chi connectivity index (χ0) is 13.9. The van der Waals surface area contributed by atoms with E-state index in [1.54, 1.807) is 0 Å². The van der Waals surface area contributed by atoms with Crippen LogP contribution in [0.2, 0.25) is 0 Å². The van der Waals surface area contributed by atoms with Crippen LogP contribution >= 0.6 is 0 Å². The number of hydrogen-bond donors (Lipinski definition) is 1. The lowest BCUT2D eigenvalue weighted by Gasteiger charge is -2.18. The molecule has 1 fully saturated rings. The van der Waals surface area contributed by atoms with Gasteiger partial charge in [0.25, 0.3) is 0 Å². The third-order valence-corrected chi connectivity index (χ3v) is 3.99. The zero-order valence-electron chi connectivity index (χ0n) is 11.1. The van der Waals surface area contributed by atoms with Gasteiger partial charge in [-0.15, -0.1) is 0 Å². The molecule has 1 saturated heterocycles. The van der Waals surface area contributed by atoms with Crippen LogP contribution in [0.25, 0.3) is 0 Å². The summed E-state index contributed by atoms with van der Waals surface area (Å²) in [5, 5.41) is 9.48. The van der Waals surface area contributed by atoms with E-state index in [1.807, 2.05) is 60.7 Å². The van der Waals surface area contributed by atoms with Crippen LogP contribution in [0.3, 0.4) is 0 Å². The Labute approximate surface area is 118 Å². The average molecular weight is 267 g/mol. The summed E-state index contributed by atoms with van der Waals surface area (Å²) >= 11 is 0. The van der Waals surface area contributed by atoms with Crippen LogP contribution in [0.4, 0.5) is 5.69 Å². The van der Waals surface area contributed by atoms with E-state index in [0.717, 1.165) is 17.8 Å². The predicted octanol–water partition coefficient (Wildman–Crippen LogP) is 2.99. The summed E-state index contributed by atoms with van der Waals surface area (Å²) in [6.45, 7) is 1.32. The highest BCUT2D eigenvalue weighted by Gasteiger charge is 2.38. The molecule has 3 heteroatoms. The highest BCUT2D eigenvalue weighted by atomic mass is 16.4. The summed E-state index contributed by atoms with van der Waals surface area (Å²) in [5.74, 6) is -1.01. The molecular weight excluding hydrogens is 250 g/mol.